The average molecular weight is 438 g/mol. The van der Waals surface area contributed by atoms with E-state index in [1.165, 1.54) is 11.1 Å². The van der Waals surface area contributed by atoms with Gasteiger partial charge in [-0.05, 0) is 49.3 Å². The molecule has 2 aromatic heterocycles. The molecule has 1 aliphatic carbocycles. The fraction of sp³-hybridized carbons (Fsp3) is 0.348. The van der Waals surface area contributed by atoms with Gasteiger partial charge in [-0.3, -0.25) is 9.88 Å². The minimum absolute atomic E-state index is 0.0666. The summed E-state index contributed by atoms with van der Waals surface area (Å²) in [5.74, 6) is -0.361. The van der Waals surface area contributed by atoms with E-state index in [9.17, 15) is 15.0 Å². The first-order valence-electron chi connectivity index (χ1n) is 10.5. The smallest absolute Gasteiger partial charge is 0.413 e. The van der Waals surface area contributed by atoms with Gasteiger partial charge in [-0.15, -0.1) is 0 Å². The number of nitrogens with two attached hydrogens (primary N) is 1. The number of nitrogen functional groups attached to an aromatic ring is 1. The minimum atomic E-state index is -1.13. The Balaban J connectivity index is 1.66. The number of ether oxygens (including phenoxy) is 1. The summed E-state index contributed by atoms with van der Waals surface area (Å²) in [5, 5.41) is 21.1. The van der Waals surface area contributed by atoms with Crippen molar-refractivity contribution < 1.29 is 24.1 Å². The van der Waals surface area contributed by atoms with Crippen LogP contribution in [0, 0.1) is 12.7 Å². The molecule has 9 heteroatoms. The number of fused-ring (bicyclic) bond motifs is 2. The van der Waals surface area contributed by atoms with E-state index in [0.717, 1.165) is 16.8 Å². The molecule has 0 radical (unpaired) electrons. The Morgan fingerprint density at radius 2 is 2.06 bits per heavy atom. The molecule has 2 aliphatic rings. The lowest BCUT2D eigenvalue weighted by Crippen LogP contribution is -2.40. The summed E-state index contributed by atoms with van der Waals surface area (Å²) >= 11 is 0. The summed E-state index contributed by atoms with van der Waals surface area (Å²) in [4.78, 5) is 21.8. The molecular formula is C23H23FN4O4. The lowest BCUT2D eigenvalue weighted by Gasteiger charge is -2.24. The van der Waals surface area contributed by atoms with Crippen LogP contribution in [0.15, 0.2) is 24.5 Å². The fourth-order valence-corrected chi connectivity index (χ4v) is 4.78. The zero-order valence-corrected chi connectivity index (χ0v) is 17.5. The van der Waals surface area contributed by atoms with Crippen LogP contribution in [0.3, 0.4) is 0 Å². The van der Waals surface area contributed by atoms with Gasteiger partial charge in [-0.2, -0.15) is 0 Å². The first-order chi connectivity index (χ1) is 15.4. The normalized spacial score (nSPS) is 20.0. The van der Waals surface area contributed by atoms with Crippen LogP contribution in [0.25, 0.3) is 21.9 Å². The summed E-state index contributed by atoms with van der Waals surface area (Å²) < 4.78 is 20.7. The van der Waals surface area contributed by atoms with Crippen molar-refractivity contribution in [2.45, 2.75) is 38.3 Å². The van der Waals surface area contributed by atoms with Gasteiger partial charge in [0.1, 0.15) is 5.82 Å². The molecule has 1 amide bonds. The monoisotopic (exact) mass is 438 g/mol. The molecule has 32 heavy (non-hydrogen) atoms. The summed E-state index contributed by atoms with van der Waals surface area (Å²) in [6.07, 6.45) is 3.12. The summed E-state index contributed by atoms with van der Waals surface area (Å²) in [5.41, 5.74) is 9.20. The maximum atomic E-state index is 15.3. The number of anilines is 2. The molecule has 166 valence electrons. The zero-order valence-electron chi connectivity index (χ0n) is 17.5. The van der Waals surface area contributed by atoms with Crippen molar-refractivity contribution in [2.24, 2.45) is 0 Å². The van der Waals surface area contributed by atoms with Gasteiger partial charge in [0.2, 0.25) is 0 Å². The average Bonchev–Trinajstić information content (AvgIpc) is 3.42. The van der Waals surface area contributed by atoms with E-state index in [2.05, 4.69) is 9.97 Å². The SMILES string of the molecule is Cc1c(-c2cc3cc(N(C(=O)O)[C@H]4CCOC4)ncc3c(N)c2F)cnc2c1[C@@H](O)CC2. The van der Waals surface area contributed by atoms with Gasteiger partial charge in [0.15, 0.2) is 5.82 Å². The van der Waals surface area contributed by atoms with E-state index in [0.29, 0.717) is 48.8 Å². The van der Waals surface area contributed by atoms with E-state index in [4.69, 9.17) is 10.5 Å². The highest BCUT2D eigenvalue weighted by atomic mass is 19.1. The maximum absolute atomic E-state index is 15.3. The molecular weight excluding hydrogens is 415 g/mol. The quantitative estimate of drug-likeness (QED) is 0.534. The van der Waals surface area contributed by atoms with Crippen molar-refractivity contribution in [1.82, 2.24) is 9.97 Å². The lowest BCUT2D eigenvalue weighted by molar-refractivity contribution is 0.179. The predicted molar refractivity (Wildman–Crippen MR) is 117 cm³/mol. The Bertz CT molecular complexity index is 1240. The van der Waals surface area contributed by atoms with Crippen LogP contribution in [-0.2, 0) is 11.2 Å². The van der Waals surface area contributed by atoms with Crippen molar-refractivity contribution in [2.75, 3.05) is 23.8 Å². The highest BCUT2D eigenvalue weighted by molar-refractivity contribution is 5.99. The number of aliphatic hydroxyl groups is 1. The number of carboxylic acid groups (broad SMARTS) is 1. The third kappa shape index (κ3) is 3.16. The van der Waals surface area contributed by atoms with Gasteiger partial charge in [0, 0.05) is 46.8 Å². The van der Waals surface area contributed by atoms with Gasteiger partial charge in [0.05, 0.1) is 24.4 Å². The van der Waals surface area contributed by atoms with Gasteiger partial charge in [-0.1, -0.05) is 0 Å². The number of aryl methyl sites for hydroxylation is 1. The Kier molecular flexibility index (Phi) is 4.94. The van der Waals surface area contributed by atoms with Crippen LogP contribution in [0.2, 0.25) is 0 Å². The van der Waals surface area contributed by atoms with Gasteiger partial charge >= 0.3 is 6.09 Å². The molecule has 3 aromatic rings. The number of carbonyl (C=O) groups is 1. The van der Waals surface area contributed by atoms with Crippen LogP contribution < -0.4 is 10.6 Å². The third-order valence-corrected chi connectivity index (χ3v) is 6.45. The van der Waals surface area contributed by atoms with E-state index < -0.39 is 18.0 Å². The molecule has 1 aliphatic heterocycles. The minimum Gasteiger partial charge on any atom is -0.465 e. The van der Waals surface area contributed by atoms with Crippen LogP contribution in [0.1, 0.15) is 35.8 Å². The highest BCUT2D eigenvalue weighted by Gasteiger charge is 2.30. The molecule has 0 spiro atoms. The predicted octanol–water partition coefficient (Wildman–Crippen LogP) is 3.58. The number of nitrogens with zero attached hydrogens (tertiary/aromatic N) is 3. The topological polar surface area (TPSA) is 122 Å². The van der Waals surface area contributed by atoms with Crippen molar-refractivity contribution >= 4 is 28.4 Å². The van der Waals surface area contributed by atoms with Crippen LogP contribution in [-0.4, -0.2) is 45.5 Å². The Labute approximate surface area is 183 Å². The Morgan fingerprint density at radius 3 is 2.78 bits per heavy atom. The van der Waals surface area contributed by atoms with Crippen molar-refractivity contribution in [3.63, 3.8) is 0 Å². The Morgan fingerprint density at radius 1 is 1.25 bits per heavy atom. The van der Waals surface area contributed by atoms with Crippen LogP contribution >= 0.6 is 0 Å². The summed E-state index contributed by atoms with van der Waals surface area (Å²) in [6.45, 7) is 2.63. The summed E-state index contributed by atoms with van der Waals surface area (Å²) in [7, 11) is 0. The van der Waals surface area contributed by atoms with E-state index in [-0.39, 0.29) is 23.1 Å². The van der Waals surface area contributed by atoms with Gasteiger partial charge < -0.3 is 20.7 Å². The number of rotatable bonds is 3. The molecule has 1 aromatic carbocycles. The molecule has 4 N–H and O–H groups in total. The van der Waals surface area contributed by atoms with Gasteiger partial charge in [0.25, 0.3) is 0 Å². The molecule has 1 saturated heterocycles. The van der Waals surface area contributed by atoms with Crippen molar-refractivity contribution in [3.8, 4) is 11.1 Å². The fourth-order valence-electron chi connectivity index (χ4n) is 4.78. The Hall–Kier alpha value is -3.30. The number of benzene rings is 1. The second-order valence-electron chi connectivity index (χ2n) is 8.30. The zero-order chi connectivity index (χ0) is 22.6. The number of aromatic nitrogens is 2. The van der Waals surface area contributed by atoms with E-state index in [1.807, 2.05) is 6.92 Å². The first-order valence-corrected chi connectivity index (χ1v) is 10.5. The first kappa shape index (κ1) is 20.6. The molecule has 5 rings (SSSR count). The second-order valence-corrected chi connectivity index (χ2v) is 8.30. The number of amides is 1. The van der Waals surface area contributed by atoms with Gasteiger partial charge in [-0.25, -0.2) is 14.2 Å². The summed E-state index contributed by atoms with van der Waals surface area (Å²) in [6, 6.07) is 2.90. The number of halogens is 1. The molecule has 2 atom stereocenters. The highest BCUT2D eigenvalue weighted by Crippen LogP contribution is 2.40. The van der Waals surface area contributed by atoms with Crippen molar-refractivity contribution in [1.29, 1.82) is 0 Å². The number of pyridine rings is 2. The molecule has 0 bridgehead atoms. The molecule has 0 unspecified atom stereocenters. The third-order valence-electron chi connectivity index (χ3n) is 6.45. The second kappa shape index (κ2) is 7.68. The largest absolute Gasteiger partial charge is 0.465 e. The van der Waals surface area contributed by atoms with Crippen LogP contribution in [0.4, 0.5) is 20.7 Å². The standard InChI is InChI=1S/C23H23FN4O4/c1-11-15(8-26-17-2-3-18(29)20(11)17)14-6-12-7-19(27-9-16(12)22(25)21(14)24)28(23(30)31)13-4-5-32-10-13/h6-9,13,18,29H,2-5,10,25H2,1H3,(H,30,31)/t13-,18-/m0/s1. The maximum Gasteiger partial charge on any atom is 0.413 e. The number of aliphatic hydroxyl groups excluding tert-OH is 1. The van der Waals surface area contributed by atoms with Crippen LogP contribution in [0.5, 0.6) is 0 Å². The molecule has 1 fully saturated rings. The molecule has 0 saturated carbocycles. The number of hydrogen-bond acceptors (Lipinski definition) is 6. The van der Waals surface area contributed by atoms with Crippen molar-refractivity contribution in [3.05, 3.63) is 47.2 Å². The number of hydrogen-bond donors (Lipinski definition) is 3. The lowest BCUT2D eigenvalue weighted by atomic mass is 9.94. The molecule has 3 heterocycles. The van der Waals surface area contributed by atoms with E-state index >= 15 is 4.39 Å². The molecule has 8 nitrogen and oxygen atoms in total. The van der Waals surface area contributed by atoms with E-state index in [1.54, 1.807) is 18.3 Å².